The van der Waals surface area contributed by atoms with Crippen molar-refractivity contribution < 1.29 is 9.69 Å². The summed E-state index contributed by atoms with van der Waals surface area (Å²) in [4.78, 5) is 16.6. The second-order valence-corrected chi connectivity index (χ2v) is 7.45. The number of benzene rings is 1. The van der Waals surface area contributed by atoms with E-state index in [1.54, 1.807) is 4.90 Å². The minimum absolute atomic E-state index is 0.252. The average Bonchev–Trinajstić information content (AvgIpc) is 2.84. The highest BCUT2D eigenvalue weighted by Gasteiger charge is 2.31. The lowest BCUT2D eigenvalue weighted by Gasteiger charge is -2.32. The lowest BCUT2D eigenvalue weighted by atomic mass is 9.95. The summed E-state index contributed by atoms with van der Waals surface area (Å²) in [5.74, 6) is 0.690. The third-order valence-corrected chi connectivity index (χ3v) is 5.42. The van der Waals surface area contributed by atoms with Crippen molar-refractivity contribution in [1.82, 2.24) is 4.90 Å². The monoisotopic (exact) mass is 315 g/mol. The molecule has 2 atom stereocenters. The molecule has 2 aliphatic rings. The number of likely N-dealkylation sites (tertiary alicyclic amines) is 2. The highest BCUT2D eigenvalue weighted by atomic mass is 16.2. The van der Waals surface area contributed by atoms with Gasteiger partial charge >= 0.3 is 0 Å². The molecule has 1 amide bonds. The molecule has 2 heterocycles. The minimum Gasteiger partial charge on any atom is -0.342 e. The number of carbonyl (C=O) groups is 1. The molecule has 0 radical (unpaired) electrons. The van der Waals surface area contributed by atoms with E-state index in [9.17, 15) is 4.79 Å². The smallest absolute Gasteiger partial charge is 0.231 e. The lowest BCUT2D eigenvalue weighted by Crippen LogP contribution is -3.12. The molecule has 1 N–H and O–H groups in total. The first-order chi connectivity index (χ1) is 11.2. The van der Waals surface area contributed by atoms with E-state index in [0.29, 0.717) is 5.91 Å². The summed E-state index contributed by atoms with van der Waals surface area (Å²) in [6.45, 7) is 7.41. The third-order valence-electron chi connectivity index (χ3n) is 5.42. The molecule has 1 aromatic rings. The molecule has 2 aliphatic heterocycles. The summed E-state index contributed by atoms with van der Waals surface area (Å²) >= 11 is 0. The van der Waals surface area contributed by atoms with E-state index in [1.165, 1.54) is 49.8 Å². The topological polar surface area (TPSA) is 24.8 Å². The maximum Gasteiger partial charge on any atom is 0.231 e. The van der Waals surface area contributed by atoms with Crippen molar-refractivity contribution in [2.24, 2.45) is 5.92 Å². The summed E-state index contributed by atoms with van der Waals surface area (Å²) in [5.41, 5.74) is 2.74. The molecule has 0 spiro atoms. The maximum atomic E-state index is 12.9. The van der Waals surface area contributed by atoms with E-state index in [4.69, 9.17) is 0 Å². The van der Waals surface area contributed by atoms with Crippen LogP contribution >= 0.6 is 0 Å². The molecule has 0 saturated carbocycles. The van der Waals surface area contributed by atoms with Crippen LogP contribution in [0.15, 0.2) is 24.3 Å². The van der Waals surface area contributed by atoms with Gasteiger partial charge in [-0.15, -0.1) is 0 Å². The fourth-order valence-electron chi connectivity index (χ4n) is 4.18. The molecule has 0 aromatic heterocycles. The summed E-state index contributed by atoms with van der Waals surface area (Å²) in [5, 5.41) is 0. The van der Waals surface area contributed by atoms with Gasteiger partial charge in [0.2, 0.25) is 5.91 Å². The number of aryl methyl sites for hydroxylation is 1. The van der Waals surface area contributed by atoms with Gasteiger partial charge in [-0.2, -0.15) is 0 Å². The Balaban J connectivity index is 1.57. The van der Waals surface area contributed by atoms with Crippen LogP contribution < -0.4 is 4.90 Å². The number of rotatable bonds is 3. The van der Waals surface area contributed by atoms with E-state index in [1.807, 2.05) is 0 Å². The van der Waals surface area contributed by atoms with Crippen molar-refractivity contribution in [3.8, 4) is 0 Å². The van der Waals surface area contributed by atoms with Crippen LogP contribution in [-0.2, 0) is 11.3 Å². The van der Waals surface area contributed by atoms with E-state index in [0.717, 1.165) is 32.6 Å². The van der Waals surface area contributed by atoms with Gasteiger partial charge in [0, 0.05) is 18.7 Å². The second kappa shape index (κ2) is 7.96. The number of nitrogens with one attached hydrogen (secondary N) is 1. The predicted octanol–water partition coefficient (Wildman–Crippen LogP) is 2.19. The molecule has 2 fully saturated rings. The summed E-state index contributed by atoms with van der Waals surface area (Å²) < 4.78 is 0. The first-order valence-corrected chi connectivity index (χ1v) is 9.40. The van der Waals surface area contributed by atoms with Crippen molar-refractivity contribution in [3.63, 3.8) is 0 Å². The van der Waals surface area contributed by atoms with Crippen LogP contribution in [0.4, 0.5) is 0 Å². The minimum atomic E-state index is 0.252. The van der Waals surface area contributed by atoms with Crippen LogP contribution in [0.2, 0.25) is 0 Å². The zero-order valence-electron chi connectivity index (χ0n) is 14.5. The van der Waals surface area contributed by atoms with E-state index < -0.39 is 0 Å². The van der Waals surface area contributed by atoms with Crippen molar-refractivity contribution in [3.05, 3.63) is 35.4 Å². The first-order valence-electron chi connectivity index (χ1n) is 9.40. The Bertz CT molecular complexity index is 520. The van der Waals surface area contributed by atoms with Crippen molar-refractivity contribution in [1.29, 1.82) is 0 Å². The Morgan fingerprint density at radius 2 is 1.96 bits per heavy atom. The van der Waals surface area contributed by atoms with Gasteiger partial charge in [0.25, 0.3) is 0 Å². The van der Waals surface area contributed by atoms with Crippen molar-refractivity contribution >= 4 is 5.91 Å². The predicted molar refractivity (Wildman–Crippen MR) is 93.4 cm³/mol. The fraction of sp³-hybridized carbons (Fsp3) is 0.650. The van der Waals surface area contributed by atoms with Gasteiger partial charge in [0.15, 0.2) is 0 Å². The van der Waals surface area contributed by atoms with Crippen LogP contribution in [0.1, 0.15) is 49.7 Å². The number of carbonyl (C=O) groups excluding carboxylic acids is 1. The molecule has 23 heavy (non-hydrogen) atoms. The normalized spacial score (nSPS) is 25.9. The molecule has 3 nitrogen and oxygen atoms in total. The maximum absolute atomic E-state index is 12.9. The van der Waals surface area contributed by atoms with Gasteiger partial charge in [0.1, 0.15) is 6.54 Å². The summed E-state index contributed by atoms with van der Waals surface area (Å²) in [7, 11) is 0. The van der Waals surface area contributed by atoms with Crippen LogP contribution in [-0.4, -0.2) is 37.0 Å². The summed E-state index contributed by atoms with van der Waals surface area (Å²) in [6.07, 6.45) is 7.24. The number of amides is 1. The van der Waals surface area contributed by atoms with E-state index in [-0.39, 0.29) is 5.92 Å². The van der Waals surface area contributed by atoms with Crippen molar-refractivity contribution in [2.75, 3.05) is 26.2 Å². The molecule has 0 bridgehead atoms. The molecule has 1 aromatic carbocycles. The largest absolute Gasteiger partial charge is 0.342 e. The van der Waals surface area contributed by atoms with Gasteiger partial charge in [-0.1, -0.05) is 42.7 Å². The molecule has 126 valence electrons. The Kier molecular flexibility index (Phi) is 5.71. The molecule has 3 rings (SSSR count). The molecular formula is C20H31N2O+. The van der Waals surface area contributed by atoms with Gasteiger partial charge in [-0.05, 0) is 32.6 Å². The zero-order chi connectivity index (χ0) is 16.1. The molecule has 2 saturated heterocycles. The average molecular weight is 315 g/mol. The highest BCUT2D eigenvalue weighted by molar-refractivity contribution is 5.79. The van der Waals surface area contributed by atoms with Crippen LogP contribution in [0, 0.1) is 12.8 Å². The quantitative estimate of drug-likeness (QED) is 0.909. The van der Waals surface area contributed by atoms with Crippen molar-refractivity contribution in [2.45, 2.75) is 52.0 Å². The fourth-order valence-corrected chi connectivity index (χ4v) is 4.18. The number of quaternary nitrogens is 1. The van der Waals surface area contributed by atoms with Gasteiger partial charge < -0.3 is 9.80 Å². The molecule has 3 heteroatoms. The first kappa shape index (κ1) is 16.5. The van der Waals surface area contributed by atoms with E-state index >= 15 is 0 Å². The van der Waals surface area contributed by atoms with E-state index in [2.05, 4.69) is 36.1 Å². The third kappa shape index (κ3) is 4.57. The number of nitrogens with zero attached hydrogens (tertiary/aromatic N) is 1. The Morgan fingerprint density at radius 1 is 1.17 bits per heavy atom. The second-order valence-electron chi connectivity index (χ2n) is 7.45. The number of hydrogen-bond acceptors (Lipinski definition) is 1. The lowest BCUT2D eigenvalue weighted by molar-refractivity contribution is -0.921. The Hall–Kier alpha value is -1.35. The Morgan fingerprint density at radius 3 is 2.70 bits per heavy atom. The SMILES string of the molecule is Cc1cccc(C[NH+]2CCCC(C(=O)N3CCCCCC3)C2)c1. The Labute approximate surface area is 140 Å². The molecular weight excluding hydrogens is 284 g/mol. The molecule has 0 aliphatic carbocycles. The molecule has 2 unspecified atom stereocenters. The van der Waals surface area contributed by atoms with Gasteiger partial charge in [-0.25, -0.2) is 0 Å². The van der Waals surface area contributed by atoms with Gasteiger partial charge in [-0.3, -0.25) is 4.79 Å². The van der Waals surface area contributed by atoms with Crippen LogP contribution in [0.5, 0.6) is 0 Å². The van der Waals surface area contributed by atoms with Crippen LogP contribution in [0.25, 0.3) is 0 Å². The van der Waals surface area contributed by atoms with Gasteiger partial charge in [0.05, 0.1) is 19.0 Å². The standard InChI is InChI=1S/C20H30N2O/c1-17-8-6-9-18(14-17)15-21-11-7-10-19(16-21)20(23)22-12-4-2-3-5-13-22/h6,8-9,14,19H,2-5,7,10-13,15-16H2,1H3/p+1. The van der Waals surface area contributed by atoms with Crippen LogP contribution in [0.3, 0.4) is 0 Å². The summed E-state index contributed by atoms with van der Waals surface area (Å²) in [6, 6.07) is 8.81. The number of hydrogen-bond donors (Lipinski definition) is 1. The number of piperidine rings is 1. The highest BCUT2D eigenvalue weighted by Crippen LogP contribution is 2.16. The zero-order valence-corrected chi connectivity index (χ0v) is 14.5.